The molecule has 3 heterocycles. The first-order valence-corrected chi connectivity index (χ1v) is 10.4. The number of nitrogens with one attached hydrogen (secondary N) is 1. The largest absolute Gasteiger partial charge is 0.497 e. The van der Waals surface area contributed by atoms with Crippen molar-refractivity contribution in [2.24, 2.45) is 7.05 Å². The van der Waals surface area contributed by atoms with Crippen LogP contribution in [0.5, 0.6) is 5.75 Å². The molecule has 6 nitrogen and oxygen atoms in total. The molecule has 0 spiro atoms. The average molecular weight is 402 g/mol. The van der Waals surface area contributed by atoms with E-state index >= 15 is 0 Å². The summed E-state index contributed by atoms with van der Waals surface area (Å²) in [5, 5.41) is 1.03. The number of aromatic amines is 1. The van der Waals surface area contributed by atoms with Gasteiger partial charge in [-0.05, 0) is 55.7 Å². The predicted molar refractivity (Wildman–Crippen MR) is 118 cm³/mol. The van der Waals surface area contributed by atoms with Crippen molar-refractivity contribution in [3.05, 3.63) is 59.5 Å². The van der Waals surface area contributed by atoms with E-state index in [1.54, 1.807) is 7.11 Å². The maximum atomic E-state index is 13.4. The van der Waals surface area contributed by atoms with Crippen LogP contribution in [0.15, 0.2) is 42.5 Å². The van der Waals surface area contributed by atoms with Crippen molar-refractivity contribution in [2.75, 3.05) is 20.2 Å². The SMILES string of the molecule is COc1ccc2[nH]c(C(=O)N3CCC[C@H](c4nc5ccccc5n4C)C3)c(C)c2c1. The first-order chi connectivity index (χ1) is 14.6. The molecular formula is C24H26N4O2. The molecule has 1 fully saturated rings. The molecule has 1 N–H and O–H groups in total. The summed E-state index contributed by atoms with van der Waals surface area (Å²) in [5.41, 5.74) is 4.75. The second-order valence-corrected chi connectivity index (χ2v) is 8.14. The number of para-hydroxylation sites is 2. The van der Waals surface area contributed by atoms with Crippen molar-refractivity contribution in [2.45, 2.75) is 25.7 Å². The Bertz CT molecular complexity index is 1250. The first kappa shape index (κ1) is 18.7. The lowest BCUT2D eigenvalue weighted by molar-refractivity contribution is 0.0698. The molecule has 2 aromatic heterocycles. The summed E-state index contributed by atoms with van der Waals surface area (Å²) in [6.07, 6.45) is 2.02. The third kappa shape index (κ3) is 2.95. The Labute approximate surface area is 175 Å². The molecule has 30 heavy (non-hydrogen) atoms. The first-order valence-electron chi connectivity index (χ1n) is 10.4. The predicted octanol–water partition coefficient (Wildman–Crippen LogP) is 4.39. The van der Waals surface area contributed by atoms with E-state index in [0.29, 0.717) is 12.2 Å². The van der Waals surface area contributed by atoms with Gasteiger partial charge in [-0.15, -0.1) is 0 Å². The van der Waals surface area contributed by atoms with E-state index in [0.717, 1.165) is 58.5 Å². The van der Waals surface area contributed by atoms with Gasteiger partial charge in [0.1, 0.15) is 17.3 Å². The number of ether oxygens (including phenoxy) is 1. The summed E-state index contributed by atoms with van der Waals surface area (Å²) in [7, 11) is 3.73. The lowest BCUT2D eigenvalue weighted by Crippen LogP contribution is -2.40. The molecular weight excluding hydrogens is 376 g/mol. The molecule has 0 aliphatic carbocycles. The fourth-order valence-electron chi connectivity index (χ4n) is 4.71. The number of fused-ring (bicyclic) bond motifs is 2. The van der Waals surface area contributed by atoms with Crippen molar-refractivity contribution in [3.63, 3.8) is 0 Å². The maximum Gasteiger partial charge on any atom is 0.270 e. The molecule has 0 radical (unpaired) electrons. The second-order valence-electron chi connectivity index (χ2n) is 8.14. The number of amides is 1. The lowest BCUT2D eigenvalue weighted by atomic mass is 9.96. The Morgan fingerprint density at radius 1 is 1.23 bits per heavy atom. The smallest absolute Gasteiger partial charge is 0.270 e. The monoisotopic (exact) mass is 402 g/mol. The number of hydrogen-bond donors (Lipinski definition) is 1. The minimum atomic E-state index is 0.0612. The van der Waals surface area contributed by atoms with Crippen LogP contribution in [0.25, 0.3) is 21.9 Å². The standard InChI is InChI=1S/C24H26N4O2/c1-15-18-13-17(30-3)10-11-19(18)25-22(15)24(29)28-12-6-7-16(14-28)23-26-20-8-4-5-9-21(20)27(23)2/h4-5,8-11,13,16,25H,6-7,12,14H2,1-3H3/t16-/m0/s1. The molecule has 5 rings (SSSR count). The molecule has 4 aromatic rings. The van der Waals surface area contributed by atoms with Crippen LogP contribution in [0.3, 0.4) is 0 Å². The zero-order valence-electron chi connectivity index (χ0n) is 17.6. The lowest BCUT2D eigenvalue weighted by Gasteiger charge is -2.32. The number of imidazole rings is 1. The number of aromatic nitrogens is 3. The van der Waals surface area contributed by atoms with E-state index in [1.165, 1.54) is 0 Å². The molecule has 2 aromatic carbocycles. The number of methoxy groups -OCH3 is 1. The third-order valence-electron chi connectivity index (χ3n) is 6.37. The number of rotatable bonds is 3. The van der Waals surface area contributed by atoms with Gasteiger partial charge < -0.3 is 19.2 Å². The minimum absolute atomic E-state index is 0.0612. The number of benzene rings is 2. The Hall–Kier alpha value is -3.28. The van der Waals surface area contributed by atoms with E-state index < -0.39 is 0 Å². The van der Waals surface area contributed by atoms with Gasteiger partial charge in [0.2, 0.25) is 0 Å². The highest BCUT2D eigenvalue weighted by Crippen LogP contribution is 2.31. The van der Waals surface area contributed by atoms with E-state index in [4.69, 9.17) is 9.72 Å². The fraction of sp³-hybridized carbons (Fsp3) is 0.333. The Kier molecular flexibility index (Phi) is 4.50. The summed E-state index contributed by atoms with van der Waals surface area (Å²) in [6.45, 7) is 3.46. The molecule has 1 aliphatic rings. The van der Waals surface area contributed by atoms with Gasteiger partial charge in [-0.25, -0.2) is 4.98 Å². The van der Waals surface area contributed by atoms with Gasteiger partial charge in [-0.3, -0.25) is 4.79 Å². The molecule has 0 bridgehead atoms. The van der Waals surface area contributed by atoms with Gasteiger partial charge >= 0.3 is 0 Å². The molecule has 1 aliphatic heterocycles. The maximum absolute atomic E-state index is 13.4. The van der Waals surface area contributed by atoms with Gasteiger partial charge in [0.15, 0.2) is 0 Å². The average Bonchev–Trinajstić information content (AvgIpc) is 3.30. The second kappa shape index (κ2) is 7.20. The summed E-state index contributed by atoms with van der Waals surface area (Å²) in [6, 6.07) is 14.1. The van der Waals surface area contributed by atoms with Crippen molar-refractivity contribution in [1.29, 1.82) is 0 Å². The minimum Gasteiger partial charge on any atom is -0.497 e. The van der Waals surface area contributed by atoms with E-state index in [-0.39, 0.29) is 11.8 Å². The van der Waals surface area contributed by atoms with Crippen molar-refractivity contribution < 1.29 is 9.53 Å². The number of piperidine rings is 1. The van der Waals surface area contributed by atoms with Crippen LogP contribution in [0.2, 0.25) is 0 Å². The van der Waals surface area contributed by atoms with Gasteiger partial charge in [0, 0.05) is 37.0 Å². The molecule has 6 heteroatoms. The molecule has 1 atom stereocenters. The topological polar surface area (TPSA) is 63.2 Å². The van der Waals surface area contributed by atoms with Crippen molar-refractivity contribution in [3.8, 4) is 5.75 Å². The fourth-order valence-corrected chi connectivity index (χ4v) is 4.71. The van der Waals surface area contributed by atoms with Crippen molar-refractivity contribution in [1.82, 2.24) is 19.4 Å². The van der Waals surface area contributed by atoms with Gasteiger partial charge in [0.05, 0.1) is 18.1 Å². The molecule has 0 unspecified atom stereocenters. The van der Waals surface area contributed by atoms with Crippen LogP contribution >= 0.6 is 0 Å². The van der Waals surface area contributed by atoms with Crippen LogP contribution in [-0.2, 0) is 7.05 Å². The van der Waals surface area contributed by atoms with Gasteiger partial charge in [-0.2, -0.15) is 0 Å². The highest BCUT2D eigenvalue weighted by Gasteiger charge is 2.30. The van der Waals surface area contributed by atoms with E-state index in [9.17, 15) is 4.79 Å². The summed E-state index contributed by atoms with van der Waals surface area (Å²) in [5.74, 6) is 2.16. The van der Waals surface area contributed by atoms with Crippen LogP contribution < -0.4 is 4.74 Å². The quantitative estimate of drug-likeness (QED) is 0.553. The highest BCUT2D eigenvalue weighted by molar-refractivity contribution is 6.01. The van der Waals surface area contributed by atoms with Gasteiger partial charge in [0.25, 0.3) is 5.91 Å². The van der Waals surface area contributed by atoms with Crippen LogP contribution in [-0.4, -0.2) is 45.5 Å². The molecule has 0 saturated carbocycles. The normalized spacial score (nSPS) is 17.0. The summed E-state index contributed by atoms with van der Waals surface area (Å²) < 4.78 is 7.52. The Morgan fingerprint density at radius 2 is 2.07 bits per heavy atom. The van der Waals surface area contributed by atoms with E-state index in [2.05, 4.69) is 22.7 Å². The molecule has 154 valence electrons. The Morgan fingerprint density at radius 3 is 2.87 bits per heavy atom. The zero-order valence-corrected chi connectivity index (χ0v) is 17.6. The number of likely N-dealkylation sites (tertiary alicyclic amines) is 1. The molecule has 1 amide bonds. The number of carbonyl (C=O) groups excluding carboxylic acids is 1. The van der Waals surface area contributed by atoms with Gasteiger partial charge in [-0.1, -0.05) is 12.1 Å². The van der Waals surface area contributed by atoms with Crippen LogP contribution in [0.1, 0.15) is 40.6 Å². The number of nitrogens with zero attached hydrogens (tertiary/aromatic N) is 3. The number of aryl methyl sites for hydroxylation is 2. The Balaban J connectivity index is 1.44. The number of carbonyl (C=O) groups is 1. The van der Waals surface area contributed by atoms with Crippen LogP contribution in [0.4, 0.5) is 0 Å². The van der Waals surface area contributed by atoms with E-state index in [1.807, 2.05) is 48.2 Å². The summed E-state index contributed by atoms with van der Waals surface area (Å²) in [4.78, 5) is 23.6. The summed E-state index contributed by atoms with van der Waals surface area (Å²) >= 11 is 0. The highest BCUT2D eigenvalue weighted by atomic mass is 16.5. The number of H-pyrrole nitrogens is 1. The van der Waals surface area contributed by atoms with Crippen molar-refractivity contribution >= 4 is 27.8 Å². The third-order valence-corrected chi connectivity index (χ3v) is 6.37. The molecule has 1 saturated heterocycles. The van der Waals surface area contributed by atoms with Crippen LogP contribution in [0, 0.1) is 6.92 Å². The number of hydrogen-bond acceptors (Lipinski definition) is 3. The zero-order chi connectivity index (χ0) is 20.8.